The van der Waals surface area contributed by atoms with Gasteiger partial charge in [-0.25, -0.2) is 0 Å². The molecule has 37 heavy (non-hydrogen) atoms. The number of hydrogen-bond acceptors (Lipinski definition) is 6. The van der Waals surface area contributed by atoms with Crippen LogP contribution in [-0.2, 0) is 14.4 Å². The molecule has 5 amide bonds. The minimum atomic E-state index is -4.30. The lowest BCUT2D eigenvalue weighted by Crippen LogP contribution is -2.54. The third-order valence-electron chi connectivity index (χ3n) is 8.09. The van der Waals surface area contributed by atoms with E-state index in [0.717, 1.165) is 17.7 Å². The van der Waals surface area contributed by atoms with Crippen molar-refractivity contribution in [2.45, 2.75) is 50.7 Å². The number of imide groups is 2. The van der Waals surface area contributed by atoms with Crippen LogP contribution < -0.4 is 15.4 Å². The van der Waals surface area contributed by atoms with Gasteiger partial charge in [0.05, 0.1) is 17.0 Å². The summed E-state index contributed by atoms with van der Waals surface area (Å²) in [4.78, 5) is 62.4. The van der Waals surface area contributed by atoms with Crippen molar-refractivity contribution in [2.24, 2.45) is 23.7 Å². The highest BCUT2D eigenvalue weighted by Gasteiger charge is 2.55. The van der Waals surface area contributed by atoms with Gasteiger partial charge in [-0.05, 0) is 68.1 Å². The van der Waals surface area contributed by atoms with Gasteiger partial charge in [0.2, 0.25) is 11.8 Å². The molecule has 1 unspecified atom stereocenters. The van der Waals surface area contributed by atoms with E-state index in [4.69, 9.17) is 4.74 Å². The molecular formula is C25H26F3N3O6. The number of ether oxygens (including phenoxy) is 1. The highest BCUT2D eigenvalue weighted by molar-refractivity contribution is 6.23. The standard InChI is InChI=1S/C25H26F3N3O6/c26-25(27,28)21-13-3-1-12(2-4-13)17(21)10-29-20(33)11-37-14-5-6-15-16(9-14)24(36)31(23(15)35)18-7-8-19(32)30-22(18)34/h5-6,9,12-13,17-18,21H,1-4,7-8,10-11H2,(H,29,33)(H,30,32,34)/t12?,13?,17-,18?,21-/m0/s1. The minimum Gasteiger partial charge on any atom is -0.484 e. The largest absolute Gasteiger partial charge is 0.484 e. The van der Waals surface area contributed by atoms with Gasteiger partial charge in [-0.1, -0.05) is 0 Å². The lowest BCUT2D eigenvalue weighted by Gasteiger charge is -2.49. The molecule has 2 bridgehead atoms. The first-order valence-electron chi connectivity index (χ1n) is 12.4. The minimum absolute atomic E-state index is 0.000732. The quantitative estimate of drug-likeness (QED) is 0.554. The monoisotopic (exact) mass is 521 g/mol. The van der Waals surface area contributed by atoms with Crippen LogP contribution in [0.15, 0.2) is 18.2 Å². The summed E-state index contributed by atoms with van der Waals surface area (Å²) in [5, 5.41) is 4.69. The average molecular weight is 521 g/mol. The molecule has 0 radical (unpaired) electrons. The number of amides is 5. The first-order chi connectivity index (χ1) is 17.5. The van der Waals surface area contributed by atoms with E-state index in [2.05, 4.69) is 10.6 Å². The molecule has 3 atom stereocenters. The Balaban J connectivity index is 1.19. The summed E-state index contributed by atoms with van der Waals surface area (Å²) >= 11 is 0. The maximum Gasteiger partial charge on any atom is 0.392 e. The van der Waals surface area contributed by atoms with Crippen LogP contribution in [0.3, 0.4) is 0 Å². The van der Waals surface area contributed by atoms with Crippen LogP contribution in [0.1, 0.15) is 59.2 Å². The van der Waals surface area contributed by atoms with Crippen molar-refractivity contribution in [3.05, 3.63) is 29.3 Å². The molecule has 1 aromatic rings. The third kappa shape index (κ3) is 4.69. The summed E-state index contributed by atoms with van der Waals surface area (Å²) in [6, 6.07) is 2.93. The van der Waals surface area contributed by atoms with Gasteiger partial charge in [0.15, 0.2) is 6.61 Å². The Bertz CT molecular complexity index is 1160. The predicted molar refractivity (Wildman–Crippen MR) is 120 cm³/mol. The topological polar surface area (TPSA) is 122 Å². The molecule has 12 heteroatoms. The summed E-state index contributed by atoms with van der Waals surface area (Å²) < 4.78 is 46.4. The third-order valence-corrected chi connectivity index (χ3v) is 8.09. The Morgan fingerprint density at radius 1 is 1.00 bits per heavy atom. The van der Waals surface area contributed by atoms with Crippen molar-refractivity contribution >= 4 is 29.5 Å². The van der Waals surface area contributed by atoms with Gasteiger partial charge in [-0.3, -0.25) is 34.2 Å². The van der Waals surface area contributed by atoms with Crippen molar-refractivity contribution in [3.63, 3.8) is 0 Å². The molecule has 0 spiro atoms. The van der Waals surface area contributed by atoms with Crippen LogP contribution in [-0.4, -0.2) is 59.8 Å². The molecule has 3 aliphatic carbocycles. The van der Waals surface area contributed by atoms with Crippen molar-refractivity contribution in [1.82, 2.24) is 15.5 Å². The van der Waals surface area contributed by atoms with E-state index in [9.17, 15) is 37.1 Å². The summed E-state index contributed by atoms with van der Waals surface area (Å²) in [7, 11) is 0. The summed E-state index contributed by atoms with van der Waals surface area (Å²) in [6.45, 7) is -0.555. The zero-order chi connectivity index (χ0) is 26.5. The molecular weight excluding hydrogens is 495 g/mol. The van der Waals surface area contributed by atoms with Gasteiger partial charge >= 0.3 is 6.18 Å². The Morgan fingerprint density at radius 2 is 1.68 bits per heavy atom. The maximum absolute atomic E-state index is 13.7. The second-order valence-corrected chi connectivity index (χ2v) is 10.2. The highest BCUT2D eigenvalue weighted by Crippen LogP contribution is 2.54. The number of piperidine rings is 1. The summed E-state index contributed by atoms with van der Waals surface area (Å²) in [5.74, 6) is -5.57. The predicted octanol–water partition coefficient (Wildman–Crippen LogP) is 2.20. The van der Waals surface area contributed by atoms with Gasteiger partial charge < -0.3 is 10.1 Å². The van der Waals surface area contributed by atoms with E-state index in [1.165, 1.54) is 18.2 Å². The van der Waals surface area contributed by atoms with E-state index in [1.54, 1.807) is 0 Å². The van der Waals surface area contributed by atoms with Crippen LogP contribution in [0.5, 0.6) is 5.75 Å². The number of alkyl halides is 3. The number of benzene rings is 1. The smallest absolute Gasteiger partial charge is 0.392 e. The van der Waals surface area contributed by atoms with Crippen LogP contribution in [0.4, 0.5) is 13.2 Å². The molecule has 3 saturated carbocycles. The number of hydrogen-bond donors (Lipinski definition) is 2. The molecule has 9 nitrogen and oxygen atoms in total. The lowest BCUT2D eigenvalue weighted by molar-refractivity contribution is -0.229. The Labute approximate surface area is 210 Å². The molecule has 0 aromatic heterocycles. The highest BCUT2D eigenvalue weighted by atomic mass is 19.4. The number of nitrogens with zero attached hydrogens (tertiary/aromatic N) is 1. The second-order valence-electron chi connectivity index (χ2n) is 10.2. The van der Waals surface area contributed by atoms with Gasteiger partial charge in [-0.15, -0.1) is 0 Å². The molecule has 2 heterocycles. The molecule has 1 saturated heterocycles. The normalized spacial score (nSPS) is 29.3. The molecule has 6 rings (SSSR count). The Kier molecular flexibility index (Phi) is 6.45. The summed E-state index contributed by atoms with van der Waals surface area (Å²) in [5.41, 5.74) is 0.0657. The van der Waals surface area contributed by atoms with Gasteiger partial charge in [0, 0.05) is 13.0 Å². The molecule has 2 N–H and O–H groups in total. The lowest BCUT2D eigenvalue weighted by atomic mass is 9.58. The molecule has 2 aliphatic heterocycles. The number of fused-ring (bicyclic) bond motifs is 4. The molecule has 1 aromatic carbocycles. The first-order valence-corrected chi connectivity index (χ1v) is 12.4. The fourth-order valence-corrected chi connectivity index (χ4v) is 6.35. The number of nitrogens with one attached hydrogen (secondary N) is 2. The zero-order valence-corrected chi connectivity index (χ0v) is 19.8. The van der Waals surface area contributed by atoms with Crippen LogP contribution in [0.2, 0.25) is 0 Å². The van der Waals surface area contributed by atoms with Crippen molar-refractivity contribution in [2.75, 3.05) is 13.2 Å². The molecule has 4 fully saturated rings. The Hall–Kier alpha value is -3.44. The number of rotatable bonds is 6. The van der Waals surface area contributed by atoms with E-state index >= 15 is 0 Å². The zero-order valence-electron chi connectivity index (χ0n) is 19.8. The fraction of sp³-hybridized carbons (Fsp3) is 0.560. The van der Waals surface area contributed by atoms with Crippen molar-refractivity contribution < 1.29 is 41.9 Å². The number of carbonyl (C=O) groups is 5. The van der Waals surface area contributed by atoms with Crippen molar-refractivity contribution in [3.8, 4) is 5.75 Å². The Morgan fingerprint density at radius 3 is 2.35 bits per heavy atom. The molecule has 5 aliphatic rings. The van der Waals surface area contributed by atoms with Crippen LogP contribution >= 0.6 is 0 Å². The first kappa shape index (κ1) is 25.2. The van der Waals surface area contributed by atoms with Gasteiger partial charge in [-0.2, -0.15) is 13.2 Å². The van der Waals surface area contributed by atoms with Crippen molar-refractivity contribution in [1.29, 1.82) is 0 Å². The van der Waals surface area contributed by atoms with Crippen LogP contribution in [0.25, 0.3) is 0 Å². The van der Waals surface area contributed by atoms with Crippen LogP contribution in [0, 0.1) is 23.7 Å². The van der Waals surface area contributed by atoms with Gasteiger partial charge in [0.25, 0.3) is 17.7 Å². The second kappa shape index (κ2) is 9.46. The maximum atomic E-state index is 13.7. The average Bonchev–Trinajstić information content (AvgIpc) is 3.10. The number of carbonyl (C=O) groups excluding carboxylic acids is 5. The van der Waals surface area contributed by atoms with E-state index in [0.29, 0.717) is 12.8 Å². The van der Waals surface area contributed by atoms with E-state index in [1.807, 2.05) is 0 Å². The van der Waals surface area contributed by atoms with Gasteiger partial charge in [0.1, 0.15) is 11.8 Å². The summed E-state index contributed by atoms with van der Waals surface area (Å²) in [6.07, 6.45) is -1.65. The van der Waals surface area contributed by atoms with E-state index < -0.39 is 66.1 Å². The fourth-order valence-electron chi connectivity index (χ4n) is 6.35. The van der Waals surface area contributed by atoms with E-state index in [-0.39, 0.29) is 42.2 Å². The number of halogens is 3. The molecule has 198 valence electrons. The SMILES string of the molecule is O=C(COc1ccc2c(c1)C(=O)N(C1CCC(=O)NC1=O)C2=O)NC[C@H]1C2CCC(CC2)[C@@H]1C(F)(F)F.